The zero-order chi connectivity index (χ0) is 15.4. The zero-order valence-corrected chi connectivity index (χ0v) is 12.0. The third-order valence-electron chi connectivity index (χ3n) is 4.20. The summed E-state index contributed by atoms with van der Waals surface area (Å²) in [6.45, 7) is 0. The van der Waals surface area contributed by atoms with E-state index in [0.29, 0.717) is 12.2 Å². The minimum Gasteiger partial charge on any atom is -0.481 e. The third-order valence-corrected chi connectivity index (χ3v) is 4.20. The standard InChI is InChI=1S/C15H24N2O4/c16-13(15(21)17-11(8-18)7-14(19)20)6-5-12(9-1-2-9)10-3-4-10/h5-6,8-13,15,17,21H,1-4,7,16H2,(H,19,20)/t11-,13?,15?/m0/s1. The van der Waals surface area contributed by atoms with Gasteiger partial charge in [0, 0.05) is 0 Å². The van der Waals surface area contributed by atoms with Crippen molar-refractivity contribution in [3.05, 3.63) is 12.2 Å². The van der Waals surface area contributed by atoms with Gasteiger partial charge in [-0.05, 0) is 43.4 Å². The minimum absolute atomic E-state index is 0.371. The maximum Gasteiger partial charge on any atom is 0.305 e. The molecule has 0 bridgehead atoms. The molecule has 21 heavy (non-hydrogen) atoms. The van der Waals surface area contributed by atoms with Gasteiger partial charge in [-0.2, -0.15) is 0 Å². The summed E-state index contributed by atoms with van der Waals surface area (Å²) in [4.78, 5) is 21.3. The molecule has 3 atom stereocenters. The van der Waals surface area contributed by atoms with Gasteiger partial charge in [0.15, 0.2) is 0 Å². The van der Waals surface area contributed by atoms with Crippen LogP contribution in [0, 0.1) is 17.8 Å². The predicted octanol–water partition coefficient (Wildman–Crippen LogP) is 0.256. The van der Waals surface area contributed by atoms with Gasteiger partial charge in [0.25, 0.3) is 0 Å². The van der Waals surface area contributed by atoms with E-state index in [9.17, 15) is 14.7 Å². The Kier molecular flexibility index (Phi) is 5.50. The molecule has 2 unspecified atom stereocenters. The smallest absolute Gasteiger partial charge is 0.305 e. The molecule has 0 amide bonds. The lowest BCUT2D eigenvalue weighted by molar-refractivity contribution is -0.138. The van der Waals surface area contributed by atoms with Gasteiger partial charge >= 0.3 is 5.97 Å². The van der Waals surface area contributed by atoms with E-state index in [-0.39, 0.29) is 6.42 Å². The number of hydrogen-bond acceptors (Lipinski definition) is 5. The van der Waals surface area contributed by atoms with Gasteiger partial charge in [0.1, 0.15) is 12.5 Å². The van der Waals surface area contributed by atoms with E-state index in [2.05, 4.69) is 11.4 Å². The number of carbonyl (C=O) groups is 2. The van der Waals surface area contributed by atoms with Crippen molar-refractivity contribution in [2.75, 3.05) is 0 Å². The average Bonchev–Trinajstić information content (AvgIpc) is 3.29. The van der Waals surface area contributed by atoms with Crippen LogP contribution >= 0.6 is 0 Å². The number of aliphatic hydroxyl groups excluding tert-OH is 1. The molecule has 0 heterocycles. The minimum atomic E-state index is -1.13. The molecule has 2 aliphatic carbocycles. The molecule has 0 aromatic carbocycles. The van der Waals surface area contributed by atoms with E-state index < -0.39 is 24.3 Å². The van der Waals surface area contributed by atoms with Crippen molar-refractivity contribution in [3.8, 4) is 0 Å². The summed E-state index contributed by atoms with van der Waals surface area (Å²) in [6.07, 6.45) is 7.94. The van der Waals surface area contributed by atoms with E-state index in [4.69, 9.17) is 10.8 Å². The number of aliphatic hydroxyl groups is 1. The van der Waals surface area contributed by atoms with Gasteiger partial charge in [-0.1, -0.05) is 12.2 Å². The van der Waals surface area contributed by atoms with Gasteiger partial charge in [-0.3, -0.25) is 10.1 Å². The molecule has 118 valence electrons. The van der Waals surface area contributed by atoms with Gasteiger partial charge in [-0.15, -0.1) is 0 Å². The van der Waals surface area contributed by atoms with E-state index >= 15 is 0 Å². The second-order valence-corrected chi connectivity index (χ2v) is 6.17. The lowest BCUT2D eigenvalue weighted by Gasteiger charge is -2.21. The second kappa shape index (κ2) is 7.15. The molecule has 2 aliphatic rings. The number of aliphatic carboxylic acids is 1. The number of nitrogens with two attached hydrogens (primary N) is 1. The molecule has 2 saturated carbocycles. The lowest BCUT2D eigenvalue weighted by Crippen LogP contribution is -2.49. The molecule has 2 fully saturated rings. The van der Waals surface area contributed by atoms with E-state index in [1.807, 2.05) is 0 Å². The number of hydrogen-bond donors (Lipinski definition) is 4. The van der Waals surface area contributed by atoms with Gasteiger partial charge in [0.2, 0.25) is 0 Å². The first-order valence-electron chi connectivity index (χ1n) is 7.56. The first-order chi connectivity index (χ1) is 10.0. The van der Waals surface area contributed by atoms with E-state index in [1.165, 1.54) is 25.7 Å². The van der Waals surface area contributed by atoms with Crippen molar-refractivity contribution < 1.29 is 19.8 Å². The molecule has 2 rings (SSSR count). The van der Waals surface area contributed by atoms with Crippen molar-refractivity contribution >= 4 is 12.3 Å². The van der Waals surface area contributed by atoms with Crippen molar-refractivity contribution in [3.63, 3.8) is 0 Å². The van der Waals surface area contributed by atoms with E-state index in [0.717, 1.165) is 11.8 Å². The highest BCUT2D eigenvalue weighted by Gasteiger charge is 2.39. The molecule has 6 heteroatoms. The molecule has 0 aliphatic heterocycles. The maximum absolute atomic E-state index is 10.8. The quantitative estimate of drug-likeness (QED) is 0.261. The Morgan fingerprint density at radius 1 is 1.24 bits per heavy atom. The maximum atomic E-state index is 10.8. The molecule has 0 spiro atoms. The van der Waals surface area contributed by atoms with Crippen molar-refractivity contribution in [2.45, 2.75) is 50.4 Å². The third kappa shape index (κ3) is 5.22. The van der Waals surface area contributed by atoms with Crippen LogP contribution in [-0.2, 0) is 9.59 Å². The highest BCUT2D eigenvalue weighted by Crippen LogP contribution is 2.49. The molecule has 6 nitrogen and oxygen atoms in total. The summed E-state index contributed by atoms with van der Waals surface area (Å²) in [5.41, 5.74) is 5.88. The number of carboxylic acids is 1. The van der Waals surface area contributed by atoms with Crippen LogP contribution in [0.1, 0.15) is 32.1 Å². The largest absolute Gasteiger partial charge is 0.481 e. The van der Waals surface area contributed by atoms with Crippen LogP contribution in [0.15, 0.2) is 12.2 Å². The fourth-order valence-electron chi connectivity index (χ4n) is 2.69. The number of carbonyl (C=O) groups excluding carboxylic acids is 1. The van der Waals surface area contributed by atoms with Gasteiger partial charge in [0.05, 0.1) is 18.5 Å². The van der Waals surface area contributed by atoms with Gasteiger partial charge in [-0.25, -0.2) is 0 Å². The molecule has 0 radical (unpaired) electrons. The molecule has 0 aromatic heterocycles. The highest BCUT2D eigenvalue weighted by atomic mass is 16.4. The monoisotopic (exact) mass is 296 g/mol. The number of allylic oxidation sites excluding steroid dienone is 1. The summed E-state index contributed by atoms with van der Waals surface area (Å²) in [6, 6.07) is -1.58. The topological polar surface area (TPSA) is 113 Å². The summed E-state index contributed by atoms with van der Waals surface area (Å²) < 4.78 is 0. The first kappa shape index (κ1) is 16.1. The van der Waals surface area contributed by atoms with E-state index in [1.54, 1.807) is 6.08 Å². The van der Waals surface area contributed by atoms with Crippen LogP contribution in [0.2, 0.25) is 0 Å². The van der Waals surface area contributed by atoms with Crippen LogP contribution in [0.5, 0.6) is 0 Å². The number of rotatable bonds is 10. The summed E-state index contributed by atoms with van der Waals surface area (Å²) in [5, 5.41) is 21.1. The fraction of sp³-hybridized carbons (Fsp3) is 0.733. The number of aldehydes is 1. The summed E-state index contributed by atoms with van der Waals surface area (Å²) >= 11 is 0. The Bertz CT molecular complexity index is 392. The Morgan fingerprint density at radius 2 is 1.81 bits per heavy atom. The average molecular weight is 296 g/mol. The van der Waals surface area contributed by atoms with Crippen LogP contribution in [0.25, 0.3) is 0 Å². The van der Waals surface area contributed by atoms with Gasteiger partial charge < -0.3 is 20.7 Å². The van der Waals surface area contributed by atoms with Crippen molar-refractivity contribution in [1.29, 1.82) is 0 Å². The SMILES string of the molecule is NC(C=CC(C1CC1)C1CC1)C(O)N[C@H](C=O)CC(=O)O. The van der Waals surface area contributed by atoms with Crippen LogP contribution in [0.4, 0.5) is 0 Å². The Morgan fingerprint density at radius 3 is 2.24 bits per heavy atom. The molecule has 5 N–H and O–H groups in total. The Balaban J connectivity index is 1.81. The lowest BCUT2D eigenvalue weighted by atomic mass is 9.96. The predicted molar refractivity (Wildman–Crippen MR) is 77.3 cm³/mol. The zero-order valence-electron chi connectivity index (χ0n) is 12.0. The Labute approximate surface area is 124 Å². The van der Waals surface area contributed by atoms with Crippen molar-refractivity contribution in [1.82, 2.24) is 5.32 Å². The Hall–Kier alpha value is -1.24. The number of nitrogens with one attached hydrogen (secondary N) is 1. The van der Waals surface area contributed by atoms with Crippen LogP contribution in [-0.4, -0.2) is 40.8 Å². The fourth-order valence-corrected chi connectivity index (χ4v) is 2.69. The normalized spacial score (nSPS) is 23.2. The van der Waals surface area contributed by atoms with Crippen LogP contribution < -0.4 is 11.1 Å². The summed E-state index contributed by atoms with van der Waals surface area (Å²) in [7, 11) is 0. The molecule has 0 saturated heterocycles. The highest BCUT2D eigenvalue weighted by molar-refractivity contribution is 5.73. The second-order valence-electron chi connectivity index (χ2n) is 6.17. The molecular formula is C15H24N2O4. The number of carboxylic acid groups (broad SMARTS) is 1. The van der Waals surface area contributed by atoms with Crippen molar-refractivity contribution in [2.24, 2.45) is 23.5 Å². The summed E-state index contributed by atoms with van der Waals surface area (Å²) in [5.74, 6) is 0.990. The molecular weight excluding hydrogens is 272 g/mol. The van der Waals surface area contributed by atoms with Crippen LogP contribution in [0.3, 0.4) is 0 Å². The molecule has 0 aromatic rings. The first-order valence-corrected chi connectivity index (χ1v) is 7.56.